The third kappa shape index (κ3) is 5.00. The van der Waals surface area contributed by atoms with Crippen LogP contribution >= 0.6 is 0 Å². The summed E-state index contributed by atoms with van der Waals surface area (Å²) in [6.45, 7) is 1.32. The Hall–Kier alpha value is -3.08. The van der Waals surface area contributed by atoms with Crippen molar-refractivity contribution in [1.29, 1.82) is 0 Å². The number of carbonyl (C=O) groups is 2. The molecule has 0 aliphatic heterocycles. The molecule has 0 aliphatic rings. The van der Waals surface area contributed by atoms with Crippen LogP contribution in [0.3, 0.4) is 0 Å². The van der Waals surface area contributed by atoms with Gasteiger partial charge in [-0.25, -0.2) is 0 Å². The molecule has 1 aromatic heterocycles. The first kappa shape index (κ1) is 19.7. The van der Waals surface area contributed by atoms with Crippen molar-refractivity contribution in [1.82, 2.24) is 9.88 Å². The van der Waals surface area contributed by atoms with E-state index in [2.05, 4.69) is 26.8 Å². The summed E-state index contributed by atoms with van der Waals surface area (Å²) in [7, 11) is 1.40. The van der Waals surface area contributed by atoms with Crippen molar-refractivity contribution in [2.24, 2.45) is 0 Å². The van der Waals surface area contributed by atoms with Gasteiger partial charge in [-0.1, -0.05) is 55.0 Å². The molecule has 0 unspecified atom stereocenters. The largest absolute Gasteiger partial charge is 0.469 e. The normalized spacial score (nSPS) is 10.8. The predicted octanol–water partition coefficient (Wildman–Crippen LogP) is 4.15. The predicted molar refractivity (Wildman–Crippen MR) is 110 cm³/mol. The molecular weight excluding hydrogens is 352 g/mol. The molecule has 0 saturated carbocycles. The lowest BCUT2D eigenvalue weighted by Crippen LogP contribution is -2.24. The van der Waals surface area contributed by atoms with E-state index in [-0.39, 0.29) is 11.9 Å². The summed E-state index contributed by atoms with van der Waals surface area (Å²) < 4.78 is 6.75. The molecule has 0 spiro atoms. The highest BCUT2D eigenvalue weighted by molar-refractivity contribution is 6.07. The fourth-order valence-electron chi connectivity index (χ4n) is 3.31. The van der Waals surface area contributed by atoms with Gasteiger partial charge in [0.1, 0.15) is 0 Å². The van der Waals surface area contributed by atoms with E-state index in [0.29, 0.717) is 18.5 Å². The maximum absolute atomic E-state index is 12.7. The number of carbonyl (C=O) groups excluding carboxylic acids is 2. The molecule has 0 saturated heterocycles. The topological polar surface area (TPSA) is 60.3 Å². The molecule has 5 heteroatoms. The van der Waals surface area contributed by atoms with Gasteiger partial charge in [0, 0.05) is 36.6 Å². The number of benzene rings is 2. The number of amides is 1. The standard InChI is InChI=1S/C23H26N2O3/c1-28-22(26)14-6-3-9-15-24-23(27)20-17-25(16-18-10-4-2-5-11-18)21-13-8-7-12-19(20)21/h2,4-5,7-8,10-13,17H,3,6,9,14-16H2,1H3,(H,24,27). The van der Waals surface area contributed by atoms with Crippen molar-refractivity contribution in [3.05, 3.63) is 71.9 Å². The van der Waals surface area contributed by atoms with Gasteiger partial charge < -0.3 is 14.6 Å². The summed E-state index contributed by atoms with van der Waals surface area (Å²) in [4.78, 5) is 23.8. The average Bonchev–Trinajstić information content (AvgIpc) is 3.09. The number of methoxy groups -OCH3 is 1. The van der Waals surface area contributed by atoms with Crippen LogP contribution < -0.4 is 5.32 Å². The zero-order valence-corrected chi connectivity index (χ0v) is 16.2. The van der Waals surface area contributed by atoms with E-state index >= 15 is 0 Å². The third-order valence-corrected chi connectivity index (χ3v) is 4.80. The summed E-state index contributed by atoms with van der Waals surface area (Å²) in [6.07, 6.45) is 4.86. The van der Waals surface area contributed by atoms with Crippen molar-refractivity contribution in [3.8, 4) is 0 Å². The van der Waals surface area contributed by atoms with E-state index in [9.17, 15) is 9.59 Å². The lowest BCUT2D eigenvalue weighted by molar-refractivity contribution is -0.140. The van der Waals surface area contributed by atoms with E-state index in [1.807, 2.05) is 48.7 Å². The van der Waals surface area contributed by atoms with E-state index in [0.717, 1.165) is 36.7 Å². The second kappa shape index (κ2) is 9.74. The minimum Gasteiger partial charge on any atom is -0.469 e. The molecule has 0 aliphatic carbocycles. The SMILES string of the molecule is COC(=O)CCCCCNC(=O)c1cn(Cc2ccccc2)c2ccccc12. The Morgan fingerprint density at radius 3 is 2.50 bits per heavy atom. The second-order valence-corrected chi connectivity index (χ2v) is 6.82. The number of hydrogen-bond acceptors (Lipinski definition) is 3. The molecule has 0 bridgehead atoms. The molecule has 28 heavy (non-hydrogen) atoms. The number of unbranched alkanes of at least 4 members (excludes halogenated alkanes) is 2. The van der Waals surface area contributed by atoms with Crippen molar-refractivity contribution in [2.45, 2.75) is 32.2 Å². The molecule has 3 aromatic rings. The molecule has 0 atom stereocenters. The maximum Gasteiger partial charge on any atom is 0.305 e. The van der Waals surface area contributed by atoms with Gasteiger partial charge in [0.2, 0.25) is 0 Å². The van der Waals surface area contributed by atoms with E-state index in [1.54, 1.807) is 0 Å². The van der Waals surface area contributed by atoms with Crippen LogP contribution in [-0.4, -0.2) is 30.1 Å². The van der Waals surface area contributed by atoms with Crippen LogP contribution in [0.25, 0.3) is 10.9 Å². The number of ether oxygens (including phenoxy) is 1. The van der Waals surface area contributed by atoms with Gasteiger partial charge in [0.05, 0.1) is 12.7 Å². The second-order valence-electron chi connectivity index (χ2n) is 6.82. The Labute approximate surface area is 165 Å². The van der Waals surface area contributed by atoms with Crippen LogP contribution in [0.4, 0.5) is 0 Å². The fourth-order valence-corrected chi connectivity index (χ4v) is 3.31. The van der Waals surface area contributed by atoms with E-state index in [4.69, 9.17) is 0 Å². The summed E-state index contributed by atoms with van der Waals surface area (Å²) in [6, 6.07) is 18.2. The van der Waals surface area contributed by atoms with Crippen molar-refractivity contribution < 1.29 is 14.3 Å². The van der Waals surface area contributed by atoms with Crippen molar-refractivity contribution in [3.63, 3.8) is 0 Å². The monoisotopic (exact) mass is 378 g/mol. The van der Waals surface area contributed by atoms with Gasteiger partial charge in [-0.3, -0.25) is 9.59 Å². The summed E-state index contributed by atoms with van der Waals surface area (Å²) in [5, 5.41) is 3.96. The fraction of sp³-hybridized carbons (Fsp3) is 0.304. The minimum absolute atomic E-state index is 0.0593. The zero-order valence-electron chi connectivity index (χ0n) is 16.2. The lowest BCUT2D eigenvalue weighted by Gasteiger charge is -2.05. The Morgan fingerprint density at radius 2 is 1.71 bits per heavy atom. The first-order valence-electron chi connectivity index (χ1n) is 9.66. The third-order valence-electron chi connectivity index (χ3n) is 4.80. The number of hydrogen-bond donors (Lipinski definition) is 1. The molecule has 1 amide bonds. The van der Waals surface area contributed by atoms with E-state index < -0.39 is 0 Å². The highest BCUT2D eigenvalue weighted by Crippen LogP contribution is 2.22. The van der Waals surface area contributed by atoms with Crippen molar-refractivity contribution in [2.75, 3.05) is 13.7 Å². The van der Waals surface area contributed by atoms with Crippen LogP contribution in [-0.2, 0) is 16.1 Å². The number of aromatic nitrogens is 1. The Kier molecular flexibility index (Phi) is 6.84. The van der Waals surface area contributed by atoms with E-state index in [1.165, 1.54) is 12.7 Å². The van der Waals surface area contributed by atoms with Crippen LogP contribution in [0, 0.1) is 0 Å². The summed E-state index contributed by atoms with van der Waals surface area (Å²) in [5.41, 5.74) is 2.94. The molecular formula is C23H26N2O3. The molecule has 5 nitrogen and oxygen atoms in total. The van der Waals surface area contributed by atoms with Gasteiger partial charge in [-0.15, -0.1) is 0 Å². The van der Waals surface area contributed by atoms with Gasteiger partial charge in [-0.05, 0) is 24.5 Å². The smallest absolute Gasteiger partial charge is 0.305 e. The van der Waals surface area contributed by atoms with Crippen LogP contribution in [0.15, 0.2) is 60.8 Å². The van der Waals surface area contributed by atoms with Crippen molar-refractivity contribution >= 4 is 22.8 Å². The molecule has 146 valence electrons. The Morgan fingerprint density at radius 1 is 0.964 bits per heavy atom. The van der Waals surface area contributed by atoms with Crippen LogP contribution in [0.5, 0.6) is 0 Å². The number of fused-ring (bicyclic) bond motifs is 1. The molecule has 3 rings (SSSR count). The Balaban J connectivity index is 1.62. The minimum atomic E-state index is -0.185. The van der Waals surface area contributed by atoms with Crippen LogP contribution in [0.1, 0.15) is 41.6 Å². The number of para-hydroxylation sites is 1. The number of rotatable bonds is 9. The molecule has 0 fully saturated rings. The molecule has 2 aromatic carbocycles. The molecule has 0 radical (unpaired) electrons. The Bertz CT molecular complexity index is 931. The summed E-state index contributed by atoms with van der Waals surface area (Å²) >= 11 is 0. The quantitative estimate of drug-likeness (QED) is 0.449. The highest BCUT2D eigenvalue weighted by Gasteiger charge is 2.14. The first-order chi connectivity index (χ1) is 13.7. The summed E-state index contributed by atoms with van der Waals surface area (Å²) in [5.74, 6) is -0.244. The van der Waals surface area contributed by atoms with Crippen LogP contribution in [0.2, 0.25) is 0 Å². The number of esters is 1. The van der Waals surface area contributed by atoms with Gasteiger partial charge in [0.15, 0.2) is 0 Å². The number of nitrogens with zero attached hydrogens (tertiary/aromatic N) is 1. The molecule has 1 heterocycles. The highest BCUT2D eigenvalue weighted by atomic mass is 16.5. The van der Waals surface area contributed by atoms with Gasteiger partial charge in [0.25, 0.3) is 5.91 Å². The zero-order chi connectivity index (χ0) is 19.8. The first-order valence-corrected chi connectivity index (χ1v) is 9.66. The molecule has 1 N–H and O–H groups in total. The lowest BCUT2D eigenvalue weighted by atomic mass is 10.1. The van der Waals surface area contributed by atoms with Gasteiger partial charge >= 0.3 is 5.97 Å². The number of nitrogens with one attached hydrogen (secondary N) is 1. The average molecular weight is 378 g/mol. The van der Waals surface area contributed by atoms with Gasteiger partial charge in [-0.2, -0.15) is 0 Å². The maximum atomic E-state index is 12.7.